The van der Waals surface area contributed by atoms with Crippen molar-refractivity contribution >= 4 is 29.9 Å². The number of aliphatic imine (C=N–C) groups is 1. The van der Waals surface area contributed by atoms with Gasteiger partial charge >= 0.3 is 0 Å². The van der Waals surface area contributed by atoms with Crippen LogP contribution in [0.4, 0.5) is 8.78 Å². The third-order valence-corrected chi connectivity index (χ3v) is 4.30. The number of oxazole rings is 1. The zero-order valence-corrected chi connectivity index (χ0v) is 19.2. The molecule has 0 aliphatic carbocycles. The number of halogens is 3. The molecule has 160 valence electrons. The van der Waals surface area contributed by atoms with E-state index in [1.54, 1.807) is 37.5 Å². The summed E-state index contributed by atoms with van der Waals surface area (Å²) in [7, 11) is 0. The summed E-state index contributed by atoms with van der Waals surface area (Å²) in [6.45, 7) is 5.53. The summed E-state index contributed by atoms with van der Waals surface area (Å²) in [5.41, 5.74) is 3.08. The number of hydrogen-bond acceptors (Lipinski definition) is 3. The van der Waals surface area contributed by atoms with Crippen LogP contribution in [0, 0.1) is 18.6 Å². The van der Waals surface area contributed by atoms with Gasteiger partial charge in [-0.3, -0.25) is 0 Å². The molecule has 1 aromatic heterocycles. The van der Waals surface area contributed by atoms with Gasteiger partial charge in [-0.2, -0.15) is 0 Å². The highest BCUT2D eigenvalue weighted by atomic mass is 127. The lowest BCUT2D eigenvalue weighted by Crippen LogP contribution is -2.38. The molecular formula is C22H25F2IN4O. The summed E-state index contributed by atoms with van der Waals surface area (Å²) < 4.78 is 31.9. The fourth-order valence-electron chi connectivity index (χ4n) is 2.77. The number of hydrogen-bond donors (Lipinski definition) is 2. The monoisotopic (exact) mass is 526 g/mol. The zero-order valence-electron chi connectivity index (χ0n) is 16.9. The van der Waals surface area contributed by atoms with Crippen molar-refractivity contribution < 1.29 is 13.2 Å². The molecule has 8 heteroatoms. The number of rotatable bonds is 7. The van der Waals surface area contributed by atoms with Crippen molar-refractivity contribution in [3.63, 3.8) is 0 Å². The Hall–Kier alpha value is -2.49. The quantitative estimate of drug-likeness (QED) is 0.263. The van der Waals surface area contributed by atoms with Gasteiger partial charge in [0.2, 0.25) is 5.89 Å². The van der Waals surface area contributed by atoms with E-state index in [4.69, 9.17) is 4.42 Å². The van der Waals surface area contributed by atoms with E-state index >= 15 is 0 Å². The summed E-state index contributed by atoms with van der Waals surface area (Å²) >= 11 is 0. The smallest absolute Gasteiger partial charge is 0.226 e. The SMILES string of the molecule is CCNC(=NCc1ccc(F)c(C)c1)NCCc1coc(-c2ccc(F)cc2)n1.I. The topological polar surface area (TPSA) is 62.5 Å². The Morgan fingerprint density at radius 1 is 1.10 bits per heavy atom. The Balaban J connectivity index is 0.00000320. The number of aryl methyl sites for hydroxylation is 1. The average molecular weight is 526 g/mol. The van der Waals surface area contributed by atoms with Gasteiger partial charge in [0.15, 0.2) is 5.96 Å². The molecule has 0 aliphatic rings. The van der Waals surface area contributed by atoms with Crippen LogP contribution in [0.15, 0.2) is 58.1 Å². The Bertz CT molecular complexity index is 974. The molecule has 5 nitrogen and oxygen atoms in total. The lowest BCUT2D eigenvalue weighted by molar-refractivity contribution is 0.571. The second-order valence-corrected chi connectivity index (χ2v) is 6.61. The van der Waals surface area contributed by atoms with Crippen LogP contribution in [0.2, 0.25) is 0 Å². The molecule has 3 rings (SSSR count). The predicted octanol–water partition coefficient (Wildman–Crippen LogP) is 4.84. The first-order valence-electron chi connectivity index (χ1n) is 9.52. The molecule has 0 saturated heterocycles. The molecule has 30 heavy (non-hydrogen) atoms. The van der Waals surface area contributed by atoms with Crippen molar-refractivity contribution in [2.45, 2.75) is 26.8 Å². The largest absolute Gasteiger partial charge is 0.444 e. The minimum atomic E-state index is -0.296. The van der Waals surface area contributed by atoms with Crippen LogP contribution in [-0.4, -0.2) is 24.0 Å². The van der Waals surface area contributed by atoms with E-state index in [2.05, 4.69) is 20.6 Å². The molecule has 3 aromatic rings. The van der Waals surface area contributed by atoms with Gasteiger partial charge in [-0.15, -0.1) is 24.0 Å². The third-order valence-electron chi connectivity index (χ3n) is 4.30. The van der Waals surface area contributed by atoms with Crippen LogP contribution in [0.5, 0.6) is 0 Å². The zero-order chi connectivity index (χ0) is 20.6. The van der Waals surface area contributed by atoms with Gasteiger partial charge in [0.25, 0.3) is 0 Å². The van der Waals surface area contributed by atoms with Crippen molar-refractivity contribution in [2.75, 3.05) is 13.1 Å². The average Bonchev–Trinajstić information content (AvgIpc) is 3.18. The maximum absolute atomic E-state index is 13.4. The molecule has 0 saturated carbocycles. The van der Waals surface area contributed by atoms with Crippen LogP contribution in [0.25, 0.3) is 11.5 Å². The summed E-state index contributed by atoms with van der Waals surface area (Å²) in [6, 6.07) is 11.0. The van der Waals surface area contributed by atoms with Crippen LogP contribution in [0.1, 0.15) is 23.7 Å². The van der Waals surface area contributed by atoms with E-state index in [0.29, 0.717) is 36.9 Å². The molecule has 0 radical (unpaired) electrons. The molecule has 0 amide bonds. The lowest BCUT2D eigenvalue weighted by Gasteiger charge is -2.10. The predicted molar refractivity (Wildman–Crippen MR) is 125 cm³/mol. The van der Waals surface area contributed by atoms with Gasteiger partial charge in [-0.1, -0.05) is 12.1 Å². The highest BCUT2D eigenvalue weighted by molar-refractivity contribution is 14.0. The van der Waals surface area contributed by atoms with E-state index in [1.807, 2.05) is 6.92 Å². The summed E-state index contributed by atoms with van der Waals surface area (Å²) in [4.78, 5) is 8.98. The molecule has 0 spiro atoms. The second kappa shape index (κ2) is 11.6. The van der Waals surface area contributed by atoms with E-state index in [-0.39, 0.29) is 35.6 Å². The van der Waals surface area contributed by atoms with Crippen molar-refractivity contribution in [1.29, 1.82) is 0 Å². The molecule has 0 fully saturated rings. The Kier molecular flexibility index (Phi) is 9.22. The van der Waals surface area contributed by atoms with E-state index in [1.165, 1.54) is 18.2 Å². The standard InChI is InChI=1S/C22H24F2N4O.HI/c1-3-25-22(27-13-16-4-9-20(24)15(2)12-16)26-11-10-19-14-29-21(28-19)17-5-7-18(23)8-6-17;/h4-9,12,14H,3,10-11,13H2,1-2H3,(H2,25,26,27);1H. The molecule has 2 N–H and O–H groups in total. The van der Waals surface area contributed by atoms with Gasteiger partial charge in [0.05, 0.1) is 12.2 Å². The van der Waals surface area contributed by atoms with Crippen LogP contribution in [-0.2, 0) is 13.0 Å². The minimum Gasteiger partial charge on any atom is -0.444 e. The van der Waals surface area contributed by atoms with Gasteiger partial charge in [-0.25, -0.2) is 18.8 Å². The normalized spacial score (nSPS) is 11.1. The van der Waals surface area contributed by atoms with Crippen molar-refractivity contribution in [2.24, 2.45) is 4.99 Å². The first kappa shape index (κ1) is 23.8. The second-order valence-electron chi connectivity index (χ2n) is 6.61. The fraction of sp³-hybridized carbons (Fsp3) is 0.273. The molecule has 0 aliphatic heterocycles. The third kappa shape index (κ3) is 6.79. The summed E-state index contributed by atoms with van der Waals surface area (Å²) in [6.07, 6.45) is 2.25. The van der Waals surface area contributed by atoms with Crippen LogP contribution in [0.3, 0.4) is 0 Å². The number of benzene rings is 2. The highest BCUT2D eigenvalue weighted by Gasteiger charge is 2.07. The van der Waals surface area contributed by atoms with E-state index in [9.17, 15) is 8.78 Å². The molecule has 2 aromatic carbocycles. The summed E-state index contributed by atoms with van der Waals surface area (Å²) in [5, 5.41) is 6.44. The van der Waals surface area contributed by atoms with Crippen molar-refractivity contribution in [1.82, 2.24) is 15.6 Å². The maximum Gasteiger partial charge on any atom is 0.226 e. The molecule has 0 atom stereocenters. The van der Waals surface area contributed by atoms with E-state index in [0.717, 1.165) is 23.4 Å². The maximum atomic E-state index is 13.4. The Morgan fingerprint density at radius 2 is 1.87 bits per heavy atom. The van der Waals surface area contributed by atoms with Gasteiger partial charge in [-0.05, 0) is 55.3 Å². The highest BCUT2D eigenvalue weighted by Crippen LogP contribution is 2.19. The lowest BCUT2D eigenvalue weighted by atomic mass is 10.1. The van der Waals surface area contributed by atoms with Gasteiger partial charge in [0, 0.05) is 25.1 Å². The fourth-order valence-corrected chi connectivity index (χ4v) is 2.77. The summed E-state index contributed by atoms with van der Waals surface area (Å²) in [5.74, 6) is 0.634. The first-order chi connectivity index (χ1) is 14.0. The number of nitrogens with zero attached hydrogens (tertiary/aromatic N) is 2. The first-order valence-corrected chi connectivity index (χ1v) is 9.52. The Labute approximate surface area is 192 Å². The molecule has 0 bridgehead atoms. The molecule has 0 unspecified atom stereocenters. The van der Waals surface area contributed by atoms with Crippen LogP contribution < -0.4 is 10.6 Å². The van der Waals surface area contributed by atoms with Crippen molar-refractivity contribution in [3.05, 3.63) is 77.2 Å². The van der Waals surface area contributed by atoms with Crippen LogP contribution >= 0.6 is 24.0 Å². The van der Waals surface area contributed by atoms with Gasteiger partial charge in [0.1, 0.15) is 17.9 Å². The number of aromatic nitrogens is 1. The number of guanidine groups is 1. The molecular weight excluding hydrogens is 501 g/mol. The van der Waals surface area contributed by atoms with Gasteiger partial charge < -0.3 is 15.1 Å². The minimum absolute atomic E-state index is 0. The number of nitrogens with one attached hydrogen (secondary N) is 2. The Morgan fingerprint density at radius 3 is 2.57 bits per heavy atom. The van der Waals surface area contributed by atoms with Crippen molar-refractivity contribution in [3.8, 4) is 11.5 Å². The van der Waals surface area contributed by atoms with E-state index < -0.39 is 0 Å². The molecule has 1 heterocycles.